The number of aryl methyl sites for hydroxylation is 1. The van der Waals surface area contributed by atoms with Crippen molar-refractivity contribution in [1.82, 2.24) is 9.78 Å². The largest absolute Gasteiger partial charge is 0.325 e. The van der Waals surface area contributed by atoms with Crippen molar-refractivity contribution >= 4 is 37.4 Å². The van der Waals surface area contributed by atoms with Gasteiger partial charge in [-0.15, -0.1) is 11.3 Å². The molecule has 0 amide bonds. The normalized spacial score (nSPS) is 11.3. The zero-order valence-electron chi connectivity index (χ0n) is 9.85. The van der Waals surface area contributed by atoms with Crippen molar-refractivity contribution in [2.24, 2.45) is 12.8 Å². The van der Waals surface area contributed by atoms with Crippen LogP contribution in [0.15, 0.2) is 34.1 Å². The second-order valence-electron chi connectivity index (χ2n) is 4.08. The number of hydrogen-bond donors (Lipinski definition) is 1. The zero-order chi connectivity index (χ0) is 12.7. The van der Waals surface area contributed by atoms with Gasteiger partial charge in [0.2, 0.25) is 0 Å². The van der Waals surface area contributed by atoms with Gasteiger partial charge in [0.25, 0.3) is 0 Å². The maximum Gasteiger partial charge on any atom is 0.0908 e. The van der Waals surface area contributed by atoms with Gasteiger partial charge in [0.05, 0.1) is 15.9 Å². The summed E-state index contributed by atoms with van der Waals surface area (Å²) in [6.45, 7) is 0.441. The predicted molar refractivity (Wildman–Crippen MR) is 79.6 cm³/mol. The van der Waals surface area contributed by atoms with E-state index in [-0.39, 0.29) is 0 Å². The lowest BCUT2D eigenvalue weighted by Gasteiger charge is -2.01. The maximum atomic E-state index is 5.70. The lowest BCUT2D eigenvalue weighted by atomic mass is 10.1. The molecular formula is C13H12BrN3S. The van der Waals surface area contributed by atoms with Gasteiger partial charge in [0.15, 0.2) is 0 Å². The topological polar surface area (TPSA) is 43.8 Å². The highest BCUT2D eigenvalue weighted by molar-refractivity contribution is 9.10. The Morgan fingerprint density at radius 2 is 2.17 bits per heavy atom. The minimum atomic E-state index is 0.441. The van der Waals surface area contributed by atoms with E-state index in [2.05, 4.69) is 50.7 Å². The van der Waals surface area contributed by atoms with Crippen molar-refractivity contribution in [3.63, 3.8) is 0 Å². The quantitative estimate of drug-likeness (QED) is 0.784. The molecule has 5 heteroatoms. The first kappa shape index (κ1) is 11.9. The number of fused-ring (bicyclic) bond motifs is 1. The van der Waals surface area contributed by atoms with Crippen LogP contribution in [0.4, 0.5) is 0 Å². The molecule has 0 bridgehead atoms. The molecule has 0 radical (unpaired) electrons. The molecule has 1 aromatic carbocycles. The van der Waals surface area contributed by atoms with Crippen LogP contribution in [-0.4, -0.2) is 9.78 Å². The van der Waals surface area contributed by atoms with E-state index >= 15 is 0 Å². The molecule has 0 atom stereocenters. The van der Waals surface area contributed by atoms with Crippen molar-refractivity contribution < 1.29 is 0 Å². The van der Waals surface area contributed by atoms with Crippen LogP contribution in [0.1, 0.15) is 5.69 Å². The highest BCUT2D eigenvalue weighted by Crippen LogP contribution is 2.38. The Hall–Kier alpha value is -1.17. The number of aromatic nitrogens is 2. The van der Waals surface area contributed by atoms with E-state index in [0.717, 1.165) is 15.9 Å². The summed E-state index contributed by atoms with van der Waals surface area (Å²) in [6.07, 6.45) is 0. The lowest BCUT2D eigenvalue weighted by molar-refractivity contribution is 0.750. The van der Waals surface area contributed by atoms with Crippen LogP contribution in [0.2, 0.25) is 0 Å². The highest BCUT2D eigenvalue weighted by Gasteiger charge is 2.17. The van der Waals surface area contributed by atoms with Crippen LogP contribution in [0.5, 0.6) is 0 Å². The second kappa shape index (κ2) is 4.50. The molecule has 0 fully saturated rings. The molecule has 2 heterocycles. The molecule has 0 saturated carbocycles. The smallest absolute Gasteiger partial charge is 0.0908 e. The molecule has 0 saturated heterocycles. The van der Waals surface area contributed by atoms with Gasteiger partial charge >= 0.3 is 0 Å². The summed E-state index contributed by atoms with van der Waals surface area (Å²) >= 11 is 5.36. The molecule has 0 aliphatic carbocycles. The average Bonchev–Trinajstić information content (AvgIpc) is 2.91. The van der Waals surface area contributed by atoms with Gasteiger partial charge < -0.3 is 5.73 Å². The van der Waals surface area contributed by atoms with Gasteiger partial charge in [-0.25, -0.2) is 0 Å². The Morgan fingerprint density at radius 3 is 2.89 bits per heavy atom. The summed E-state index contributed by atoms with van der Waals surface area (Å²) in [4.78, 5) is 0. The molecule has 2 N–H and O–H groups in total. The summed E-state index contributed by atoms with van der Waals surface area (Å²) in [5, 5.41) is 7.87. The third-order valence-electron chi connectivity index (χ3n) is 2.99. The third kappa shape index (κ3) is 1.70. The van der Waals surface area contributed by atoms with E-state index in [9.17, 15) is 0 Å². The summed E-state index contributed by atoms with van der Waals surface area (Å²) < 4.78 is 4.17. The Balaban J connectivity index is 2.29. The highest BCUT2D eigenvalue weighted by atomic mass is 79.9. The van der Waals surface area contributed by atoms with E-state index in [1.54, 1.807) is 11.3 Å². The monoisotopic (exact) mass is 321 g/mol. The molecule has 0 aliphatic rings. The third-order valence-corrected chi connectivity index (χ3v) is 4.78. The Labute approximate surface area is 117 Å². The Kier molecular flexibility index (Phi) is 2.97. The molecule has 92 valence electrons. The van der Waals surface area contributed by atoms with Gasteiger partial charge in [0, 0.05) is 34.6 Å². The fraction of sp³-hybridized carbons (Fsp3) is 0.154. The van der Waals surface area contributed by atoms with Crippen LogP contribution in [0.3, 0.4) is 0 Å². The summed E-state index contributed by atoms with van der Waals surface area (Å²) in [6, 6.07) is 8.40. The zero-order valence-corrected chi connectivity index (χ0v) is 12.3. The van der Waals surface area contributed by atoms with E-state index in [4.69, 9.17) is 5.73 Å². The molecule has 2 aromatic heterocycles. The summed E-state index contributed by atoms with van der Waals surface area (Å²) in [5.41, 5.74) is 8.88. The molecule has 3 nitrogen and oxygen atoms in total. The number of halogens is 1. The summed E-state index contributed by atoms with van der Waals surface area (Å²) in [7, 11) is 1.95. The van der Waals surface area contributed by atoms with E-state index in [1.165, 1.54) is 15.6 Å². The Morgan fingerprint density at radius 1 is 1.39 bits per heavy atom. The first-order valence-electron chi connectivity index (χ1n) is 5.60. The second-order valence-corrected chi connectivity index (χ2v) is 5.79. The van der Waals surface area contributed by atoms with Gasteiger partial charge in [-0.05, 0) is 22.0 Å². The van der Waals surface area contributed by atoms with Crippen molar-refractivity contribution in [2.45, 2.75) is 6.54 Å². The number of rotatable bonds is 2. The van der Waals surface area contributed by atoms with E-state index in [1.807, 2.05) is 11.7 Å². The Bertz CT molecular complexity index is 714. The number of nitrogens with two attached hydrogens (primary N) is 1. The van der Waals surface area contributed by atoms with Crippen molar-refractivity contribution in [2.75, 3.05) is 0 Å². The van der Waals surface area contributed by atoms with Gasteiger partial charge in [0.1, 0.15) is 0 Å². The SMILES string of the molecule is Cn1nc(CN)c(Br)c1-c1csc2ccccc12. The molecule has 18 heavy (non-hydrogen) atoms. The van der Waals surface area contributed by atoms with Crippen LogP contribution in [0.25, 0.3) is 21.3 Å². The number of hydrogen-bond acceptors (Lipinski definition) is 3. The molecule has 0 unspecified atom stereocenters. The number of thiophene rings is 1. The molecule has 3 rings (SSSR count). The van der Waals surface area contributed by atoms with Crippen molar-refractivity contribution in [3.8, 4) is 11.3 Å². The first-order chi connectivity index (χ1) is 8.72. The van der Waals surface area contributed by atoms with Gasteiger partial charge in [-0.2, -0.15) is 5.10 Å². The average molecular weight is 322 g/mol. The predicted octanol–water partition coefficient (Wildman–Crippen LogP) is 3.52. The maximum absolute atomic E-state index is 5.70. The first-order valence-corrected chi connectivity index (χ1v) is 7.27. The fourth-order valence-electron chi connectivity index (χ4n) is 2.14. The number of benzene rings is 1. The van der Waals surface area contributed by atoms with Crippen LogP contribution in [0, 0.1) is 0 Å². The van der Waals surface area contributed by atoms with Crippen molar-refractivity contribution in [3.05, 3.63) is 39.8 Å². The van der Waals surface area contributed by atoms with Crippen molar-refractivity contribution in [1.29, 1.82) is 0 Å². The van der Waals surface area contributed by atoms with Crippen LogP contribution >= 0.6 is 27.3 Å². The lowest BCUT2D eigenvalue weighted by Crippen LogP contribution is -1.99. The molecule has 0 spiro atoms. The number of nitrogens with zero attached hydrogens (tertiary/aromatic N) is 2. The minimum absolute atomic E-state index is 0.441. The molecule has 0 aliphatic heterocycles. The van der Waals surface area contributed by atoms with Crippen LogP contribution < -0.4 is 5.73 Å². The fourth-order valence-corrected chi connectivity index (χ4v) is 3.79. The van der Waals surface area contributed by atoms with E-state index < -0.39 is 0 Å². The van der Waals surface area contributed by atoms with Gasteiger partial charge in [-0.3, -0.25) is 4.68 Å². The molecule has 3 aromatic rings. The van der Waals surface area contributed by atoms with Gasteiger partial charge in [-0.1, -0.05) is 18.2 Å². The standard InChI is InChI=1S/C13H12BrN3S/c1-17-13(12(14)10(6-15)16-17)9-7-18-11-5-3-2-4-8(9)11/h2-5,7H,6,15H2,1H3. The van der Waals surface area contributed by atoms with E-state index in [0.29, 0.717) is 6.54 Å². The van der Waals surface area contributed by atoms with Crippen LogP contribution in [-0.2, 0) is 13.6 Å². The minimum Gasteiger partial charge on any atom is -0.325 e. The summed E-state index contributed by atoms with van der Waals surface area (Å²) in [5.74, 6) is 0. The molecular weight excluding hydrogens is 310 g/mol.